The van der Waals surface area contributed by atoms with Gasteiger partial charge in [-0.15, -0.1) is 0 Å². The van der Waals surface area contributed by atoms with Crippen LogP contribution in [0.15, 0.2) is 41.0 Å². The van der Waals surface area contributed by atoms with Gasteiger partial charge in [-0.1, -0.05) is 0 Å². The number of anilines is 1. The monoisotopic (exact) mass is 371 g/mol. The highest BCUT2D eigenvalue weighted by Crippen LogP contribution is 2.38. The van der Waals surface area contributed by atoms with E-state index in [4.69, 9.17) is 9.15 Å². The minimum Gasteiger partial charge on any atom is -0.467 e. The highest BCUT2D eigenvalue weighted by Gasteiger charge is 2.41. The second-order valence-corrected chi connectivity index (χ2v) is 6.99. The van der Waals surface area contributed by atoms with Crippen molar-refractivity contribution < 1.29 is 18.9 Å². The Morgan fingerprint density at radius 2 is 2.26 bits per heavy atom. The van der Waals surface area contributed by atoms with Crippen molar-refractivity contribution in [2.24, 2.45) is 5.92 Å². The summed E-state index contributed by atoms with van der Waals surface area (Å²) in [7, 11) is 1.75. The van der Waals surface area contributed by atoms with Gasteiger partial charge in [-0.05, 0) is 30.2 Å². The van der Waals surface area contributed by atoms with Gasteiger partial charge >= 0.3 is 0 Å². The minimum absolute atomic E-state index is 0.0101. The van der Waals surface area contributed by atoms with Crippen LogP contribution in [0.1, 0.15) is 11.3 Å². The van der Waals surface area contributed by atoms with Gasteiger partial charge in [-0.25, -0.2) is 0 Å². The van der Waals surface area contributed by atoms with Crippen molar-refractivity contribution >= 4 is 17.3 Å². The van der Waals surface area contributed by atoms with Crippen LogP contribution in [0, 0.1) is 16.0 Å². The summed E-state index contributed by atoms with van der Waals surface area (Å²) in [5, 5.41) is 11.2. The van der Waals surface area contributed by atoms with Crippen LogP contribution in [0.4, 0.5) is 11.4 Å². The molecule has 0 radical (unpaired) electrons. The molecule has 1 amide bonds. The van der Waals surface area contributed by atoms with Crippen LogP contribution in [0.5, 0.6) is 0 Å². The summed E-state index contributed by atoms with van der Waals surface area (Å²) < 4.78 is 11.0. The largest absolute Gasteiger partial charge is 0.467 e. The number of nitro benzene ring substituents is 1. The lowest BCUT2D eigenvalue weighted by molar-refractivity contribution is -0.384. The van der Waals surface area contributed by atoms with Gasteiger partial charge in [0, 0.05) is 31.4 Å². The third-order valence-corrected chi connectivity index (χ3v) is 5.32. The topological polar surface area (TPSA) is 89.1 Å². The average molecular weight is 371 g/mol. The number of furan rings is 1. The second-order valence-electron chi connectivity index (χ2n) is 6.99. The van der Waals surface area contributed by atoms with E-state index < -0.39 is 4.92 Å². The van der Waals surface area contributed by atoms with Crippen LogP contribution in [-0.2, 0) is 22.5 Å². The minimum atomic E-state index is -0.397. The molecule has 3 heterocycles. The zero-order chi connectivity index (χ0) is 19.0. The van der Waals surface area contributed by atoms with Crippen molar-refractivity contribution in [3.05, 3.63) is 58.0 Å². The van der Waals surface area contributed by atoms with E-state index in [0.29, 0.717) is 32.7 Å². The molecule has 0 aliphatic carbocycles. The second kappa shape index (κ2) is 7.03. The zero-order valence-electron chi connectivity index (χ0n) is 15.0. The van der Waals surface area contributed by atoms with Gasteiger partial charge in [0.05, 0.1) is 42.9 Å². The molecule has 2 atom stereocenters. The molecule has 2 aliphatic rings. The first-order chi connectivity index (χ1) is 13.0. The molecule has 1 fully saturated rings. The van der Waals surface area contributed by atoms with E-state index in [0.717, 1.165) is 17.0 Å². The first-order valence-electron chi connectivity index (χ1n) is 8.93. The van der Waals surface area contributed by atoms with Crippen LogP contribution in [0.25, 0.3) is 0 Å². The number of amides is 1. The molecule has 1 aromatic heterocycles. The van der Waals surface area contributed by atoms with Gasteiger partial charge in [0.25, 0.3) is 5.69 Å². The number of benzene rings is 1. The number of hydrogen-bond donors (Lipinski definition) is 0. The maximum Gasteiger partial charge on any atom is 0.269 e. The molecule has 27 heavy (non-hydrogen) atoms. The highest BCUT2D eigenvalue weighted by molar-refractivity contribution is 5.82. The molecule has 1 aromatic carbocycles. The molecule has 2 aromatic rings. The maximum atomic E-state index is 13.2. The lowest BCUT2D eigenvalue weighted by atomic mass is 9.84. The number of carbonyl (C=O) groups is 1. The predicted octanol–water partition coefficient (Wildman–Crippen LogP) is 2.22. The third-order valence-electron chi connectivity index (χ3n) is 5.32. The van der Waals surface area contributed by atoms with Gasteiger partial charge in [-0.2, -0.15) is 0 Å². The number of nitro groups is 1. The first-order valence-corrected chi connectivity index (χ1v) is 8.93. The Morgan fingerprint density at radius 3 is 3.00 bits per heavy atom. The van der Waals surface area contributed by atoms with Crippen molar-refractivity contribution in [1.29, 1.82) is 0 Å². The smallest absolute Gasteiger partial charge is 0.269 e. The SMILES string of the molecule is CN(Cc1ccco1)C(=O)C1Cc2cc([N+](=O)[O-])ccc2N2CCOCC12. The van der Waals surface area contributed by atoms with Crippen LogP contribution < -0.4 is 4.90 Å². The first kappa shape index (κ1) is 17.5. The third kappa shape index (κ3) is 3.28. The van der Waals surface area contributed by atoms with E-state index in [2.05, 4.69) is 4.90 Å². The van der Waals surface area contributed by atoms with Gasteiger partial charge in [0.1, 0.15) is 5.76 Å². The number of hydrogen-bond acceptors (Lipinski definition) is 6. The summed E-state index contributed by atoms with van der Waals surface area (Å²) >= 11 is 0. The molecule has 0 spiro atoms. The highest BCUT2D eigenvalue weighted by atomic mass is 16.6. The summed E-state index contributed by atoms with van der Waals surface area (Å²) in [6, 6.07) is 8.46. The molecule has 2 unspecified atom stereocenters. The number of fused-ring (bicyclic) bond motifs is 3. The molecule has 8 nitrogen and oxygen atoms in total. The Labute approximate surface area is 156 Å². The van der Waals surface area contributed by atoms with Gasteiger partial charge < -0.3 is 19.0 Å². The molecule has 0 N–H and O–H groups in total. The van der Waals surface area contributed by atoms with Crippen molar-refractivity contribution in [2.45, 2.75) is 19.0 Å². The van der Waals surface area contributed by atoms with Crippen LogP contribution in [-0.4, -0.2) is 48.6 Å². The lowest BCUT2D eigenvalue weighted by Gasteiger charge is -2.46. The lowest BCUT2D eigenvalue weighted by Crippen LogP contribution is -2.56. The fourth-order valence-corrected chi connectivity index (χ4v) is 4.01. The number of rotatable bonds is 4. The Kier molecular flexibility index (Phi) is 4.57. The van der Waals surface area contributed by atoms with E-state index in [9.17, 15) is 14.9 Å². The predicted molar refractivity (Wildman–Crippen MR) is 97.4 cm³/mol. The Morgan fingerprint density at radius 1 is 1.41 bits per heavy atom. The molecule has 142 valence electrons. The standard InChI is InChI=1S/C19H21N3O5/c1-20(11-15-3-2-7-27-15)19(23)16-10-13-9-14(22(24)25)4-5-17(13)21-6-8-26-12-18(16)21/h2-5,7,9,16,18H,6,8,10-12H2,1H3. The quantitative estimate of drug-likeness (QED) is 0.605. The number of morpholine rings is 1. The fraction of sp³-hybridized carbons (Fsp3) is 0.421. The van der Waals surface area contributed by atoms with Crippen LogP contribution >= 0.6 is 0 Å². The normalized spacial score (nSPS) is 21.3. The molecule has 4 rings (SSSR count). The Bertz CT molecular complexity index is 851. The summed E-state index contributed by atoms with van der Waals surface area (Å²) in [6.07, 6.45) is 2.04. The van der Waals surface area contributed by atoms with E-state index >= 15 is 0 Å². The average Bonchev–Trinajstić information content (AvgIpc) is 3.19. The fourth-order valence-electron chi connectivity index (χ4n) is 4.01. The molecule has 2 aliphatic heterocycles. The molecule has 0 bridgehead atoms. The number of nitrogens with zero attached hydrogens (tertiary/aromatic N) is 3. The van der Waals surface area contributed by atoms with E-state index in [1.807, 2.05) is 6.07 Å². The summed E-state index contributed by atoms with van der Waals surface area (Å²) in [5.41, 5.74) is 1.86. The molecular formula is C19H21N3O5. The van der Waals surface area contributed by atoms with Crippen molar-refractivity contribution in [3.63, 3.8) is 0 Å². The summed E-state index contributed by atoms with van der Waals surface area (Å²) in [5.74, 6) is 0.387. The van der Waals surface area contributed by atoms with Crippen LogP contribution in [0.2, 0.25) is 0 Å². The molecule has 1 saturated heterocycles. The number of carbonyl (C=O) groups excluding carboxylic acids is 1. The summed E-state index contributed by atoms with van der Waals surface area (Å²) in [4.78, 5) is 27.7. The molecular weight excluding hydrogens is 350 g/mol. The van der Waals surface area contributed by atoms with E-state index in [1.165, 1.54) is 6.07 Å². The number of ether oxygens (including phenoxy) is 1. The van der Waals surface area contributed by atoms with Crippen molar-refractivity contribution in [3.8, 4) is 0 Å². The number of non-ortho nitro benzene ring substituents is 1. The van der Waals surface area contributed by atoms with Crippen molar-refractivity contribution in [2.75, 3.05) is 31.7 Å². The molecule has 8 heteroatoms. The van der Waals surface area contributed by atoms with E-state index in [1.54, 1.807) is 36.4 Å². The maximum absolute atomic E-state index is 13.2. The van der Waals surface area contributed by atoms with Crippen molar-refractivity contribution in [1.82, 2.24) is 4.90 Å². The van der Waals surface area contributed by atoms with E-state index in [-0.39, 0.29) is 23.6 Å². The van der Waals surface area contributed by atoms with Crippen LogP contribution in [0.3, 0.4) is 0 Å². The Balaban J connectivity index is 1.63. The zero-order valence-corrected chi connectivity index (χ0v) is 15.0. The summed E-state index contributed by atoms with van der Waals surface area (Å²) in [6.45, 7) is 2.11. The Hall–Kier alpha value is -2.87. The molecule has 0 saturated carbocycles. The van der Waals surface area contributed by atoms with Gasteiger partial charge in [-0.3, -0.25) is 14.9 Å². The van der Waals surface area contributed by atoms with Gasteiger partial charge in [0.15, 0.2) is 0 Å². The van der Waals surface area contributed by atoms with Gasteiger partial charge in [0.2, 0.25) is 5.91 Å².